The van der Waals surface area contributed by atoms with E-state index in [2.05, 4.69) is 35.6 Å². The Kier molecular flexibility index (Phi) is 13.2. The Hall–Kier alpha value is 1.24. The summed E-state index contributed by atoms with van der Waals surface area (Å²) < 4.78 is 0. The maximum atomic E-state index is 6.68. The van der Waals surface area contributed by atoms with Crippen molar-refractivity contribution in [3.8, 4) is 0 Å². The van der Waals surface area contributed by atoms with Crippen LogP contribution in [-0.2, 0) is 0 Å². The average molecular weight is 389 g/mol. The Labute approximate surface area is 127 Å². The standard InChI is InChI=1S/C14H30ClISi/c1-3-5-7-9-10-12-14-17(15,16)13-11-8-6-4-2/h3-14H2,1-2H3. The van der Waals surface area contributed by atoms with Gasteiger partial charge in [0.25, 0.3) is 0 Å². The molecule has 0 aromatic heterocycles. The van der Waals surface area contributed by atoms with E-state index in [1.807, 2.05) is 0 Å². The first-order valence-corrected chi connectivity index (χ1v) is 14.0. The van der Waals surface area contributed by atoms with Crippen LogP contribution in [0.5, 0.6) is 0 Å². The van der Waals surface area contributed by atoms with E-state index in [1.165, 1.54) is 76.3 Å². The van der Waals surface area contributed by atoms with E-state index < -0.39 is 4.88 Å². The first-order chi connectivity index (χ1) is 8.12. The number of unbranched alkanes of at least 4 members (excludes halogenated alkanes) is 8. The molecule has 0 fully saturated rings. The van der Waals surface area contributed by atoms with Crippen LogP contribution in [0.3, 0.4) is 0 Å². The fourth-order valence-corrected chi connectivity index (χ4v) is 6.97. The Morgan fingerprint density at radius 3 is 1.53 bits per heavy atom. The number of halogens is 2. The molecule has 1 unspecified atom stereocenters. The Morgan fingerprint density at radius 1 is 0.706 bits per heavy atom. The van der Waals surface area contributed by atoms with Gasteiger partial charge in [0.2, 0.25) is 4.88 Å². The fraction of sp³-hybridized carbons (Fsp3) is 1.00. The largest absolute Gasteiger partial charge is 0.221 e. The van der Waals surface area contributed by atoms with Gasteiger partial charge in [-0.25, -0.2) is 0 Å². The van der Waals surface area contributed by atoms with Gasteiger partial charge in [-0.3, -0.25) is 0 Å². The Balaban J connectivity index is 3.37. The van der Waals surface area contributed by atoms with E-state index in [9.17, 15) is 0 Å². The van der Waals surface area contributed by atoms with E-state index in [0.717, 1.165) is 0 Å². The Bertz CT molecular complexity index is 162. The molecule has 0 nitrogen and oxygen atoms in total. The zero-order chi connectivity index (χ0) is 13.0. The van der Waals surface area contributed by atoms with Crippen LogP contribution in [0.2, 0.25) is 12.1 Å². The van der Waals surface area contributed by atoms with E-state index in [0.29, 0.717) is 0 Å². The second-order valence-corrected chi connectivity index (χ2v) is 18.2. The van der Waals surface area contributed by atoms with Gasteiger partial charge in [0.1, 0.15) is 0 Å². The summed E-state index contributed by atoms with van der Waals surface area (Å²) in [6.07, 6.45) is 13.8. The lowest BCUT2D eigenvalue weighted by Gasteiger charge is -2.16. The third-order valence-electron chi connectivity index (χ3n) is 3.29. The smallest absolute Gasteiger partial charge is 0.153 e. The molecule has 104 valence electrons. The summed E-state index contributed by atoms with van der Waals surface area (Å²) in [4.78, 5) is -1.38. The maximum Gasteiger partial charge on any atom is 0.221 e. The Morgan fingerprint density at radius 2 is 1.06 bits per heavy atom. The third kappa shape index (κ3) is 13.5. The van der Waals surface area contributed by atoms with E-state index in [1.54, 1.807) is 0 Å². The van der Waals surface area contributed by atoms with Crippen molar-refractivity contribution in [2.75, 3.05) is 0 Å². The van der Waals surface area contributed by atoms with Gasteiger partial charge in [0, 0.05) is 0 Å². The van der Waals surface area contributed by atoms with Crippen molar-refractivity contribution in [2.24, 2.45) is 0 Å². The van der Waals surface area contributed by atoms with Crippen molar-refractivity contribution in [3.63, 3.8) is 0 Å². The second kappa shape index (κ2) is 12.3. The highest BCUT2D eigenvalue weighted by Gasteiger charge is 2.25. The first kappa shape index (κ1) is 18.2. The summed E-state index contributed by atoms with van der Waals surface area (Å²) in [5, 5.41) is 0. The van der Waals surface area contributed by atoms with Crippen LogP contribution in [0.1, 0.15) is 78.1 Å². The minimum Gasteiger partial charge on any atom is -0.153 e. The molecule has 1 atom stereocenters. The zero-order valence-corrected chi connectivity index (χ0v) is 15.7. The number of hydrogen-bond acceptors (Lipinski definition) is 0. The van der Waals surface area contributed by atoms with E-state index >= 15 is 0 Å². The predicted octanol–water partition coefficient (Wildman–Crippen LogP) is 7.04. The molecule has 0 aromatic rings. The van der Waals surface area contributed by atoms with Crippen LogP contribution in [0.25, 0.3) is 0 Å². The maximum absolute atomic E-state index is 6.68. The molecule has 0 spiro atoms. The van der Waals surface area contributed by atoms with Gasteiger partial charge in [0.05, 0.1) is 0 Å². The molecule has 0 saturated carbocycles. The van der Waals surface area contributed by atoms with Gasteiger partial charge in [-0.15, -0.1) is 0 Å². The first-order valence-electron chi connectivity index (χ1n) is 7.50. The molecule has 0 saturated heterocycles. The van der Waals surface area contributed by atoms with Crippen molar-refractivity contribution in [1.82, 2.24) is 0 Å². The highest BCUT2D eigenvalue weighted by molar-refractivity contribution is 14.1. The van der Waals surface area contributed by atoms with Crippen molar-refractivity contribution >= 4 is 37.8 Å². The molecule has 0 rings (SSSR count). The number of rotatable bonds is 12. The van der Waals surface area contributed by atoms with Gasteiger partial charge in [-0.2, -0.15) is 11.1 Å². The highest BCUT2D eigenvalue weighted by atomic mass is 127. The van der Waals surface area contributed by atoms with Crippen molar-refractivity contribution in [3.05, 3.63) is 0 Å². The van der Waals surface area contributed by atoms with E-state index in [-0.39, 0.29) is 0 Å². The van der Waals surface area contributed by atoms with Gasteiger partial charge in [-0.05, 0) is 12.1 Å². The molecule has 0 aliphatic rings. The molecular formula is C14H30ClISi. The van der Waals surface area contributed by atoms with Crippen LogP contribution in [0, 0.1) is 0 Å². The molecule has 0 bridgehead atoms. The minimum absolute atomic E-state index is 1.32. The van der Waals surface area contributed by atoms with Gasteiger partial charge in [-0.1, -0.05) is 99.9 Å². The van der Waals surface area contributed by atoms with Crippen molar-refractivity contribution < 1.29 is 0 Å². The van der Waals surface area contributed by atoms with Crippen LogP contribution in [0.4, 0.5) is 0 Å². The fourth-order valence-electron chi connectivity index (χ4n) is 2.10. The summed E-state index contributed by atoms with van der Waals surface area (Å²) >= 11 is 9.28. The predicted molar refractivity (Wildman–Crippen MR) is 92.8 cm³/mol. The minimum atomic E-state index is -1.38. The van der Waals surface area contributed by atoms with Crippen LogP contribution in [-0.4, -0.2) is 4.88 Å². The second-order valence-electron chi connectivity index (χ2n) is 5.18. The van der Waals surface area contributed by atoms with Crippen molar-refractivity contribution in [1.29, 1.82) is 0 Å². The lowest BCUT2D eigenvalue weighted by molar-refractivity contribution is 0.623. The van der Waals surface area contributed by atoms with Crippen LogP contribution in [0.15, 0.2) is 0 Å². The molecule has 0 radical (unpaired) electrons. The summed E-state index contributed by atoms with van der Waals surface area (Å²) in [7, 11) is 0. The number of hydrogen-bond donors (Lipinski definition) is 0. The zero-order valence-electron chi connectivity index (χ0n) is 11.7. The molecular weight excluding hydrogens is 359 g/mol. The van der Waals surface area contributed by atoms with Gasteiger partial charge >= 0.3 is 0 Å². The average Bonchev–Trinajstić information content (AvgIpc) is 2.29. The molecule has 0 aliphatic carbocycles. The summed E-state index contributed by atoms with van der Waals surface area (Å²) in [6.45, 7) is 4.55. The molecule has 17 heavy (non-hydrogen) atoms. The van der Waals surface area contributed by atoms with Crippen LogP contribution < -0.4 is 0 Å². The summed E-state index contributed by atoms with van der Waals surface area (Å²) in [5.41, 5.74) is 0. The third-order valence-corrected chi connectivity index (χ3v) is 9.83. The molecule has 0 aliphatic heterocycles. The SMILES string of the molecule is CCCCCCCC[Si](Cl)(I)CCCCCC. The molecule has 0 aromatic carbocycles. The molecule has 0 amide bonds. The van der Waals surface area contributed by atoms with Crippen LogP contribution >= 0.6 is 32.9 Å². The molecule has 0 heterocycles. The van der Waals surface area contributed by atoms with E-state index in [4.69, 9.17) is 11.1 Å². The normalized spacial score (nSPS) is 14.8. The quantitative estimate of drug-likeness (QED) is 0.145. The van der Waals surface area contributed by atoms with Gasteiger partial charge < -0.3 is 0 Å². The van der Waals surface area contributed by atoms with Crippen molar-refractivity contribution in [2.45, 2.75) is 90.1 Å². The summed E-state index contributed by atoms with van der Waals surface area (Å²) in [5.74, 6) is 0. The lowest BCUT2D eigenvalue weighted by Crippen LogP contribution is -2.17. The highest BCUT2D eigenvalue weighted by Crippen LogP contribution is 2.32. The molecule has 3 heteroatoms. The van der Waals surface area contributed by atoms with Gasteiger partial charge in [0.15, 0.2) is 0 Å². The monoisotopic (exact) mass is 388 g/mol. The lowest BCUT2D eigenvalue weighted by atomic mass is 10.1. The summed E-state index contributed by atoms with van der Waals surface area (Å²) in [6, 6.07) is 2.65. The topological polar surface area (TPSA) is 0 Å². The molecule has 0 N–H and O–H groups in total.